The molecule has 0 aliphatic carbocycles. The molecule has 1 aromatic rings. The van der Waals surface area contributed by atoms with E-state index in [1.165, 1.54) is 0 Å². The van der Waals surface area contributed by atoms with E-state index in [2.05, 4.69) is 15.6 Å². The molecule has 2 N–H and O–H groups in total. The summed E-state index contributed by atoms with van der Waals surface area (Å²) in [6, 6.07) is 1.95. The number of amides is 1. The fourth-order valence-corrected chi connectivity index (χ4v) is 1.09. The number of rotatable bonds is 6. The topological polar surface area (TPSA) is 91.0 Å². The highest BCUT2D eigenvalue weighted by Crippen LogP contribution is 1.99. The maximum absolute atomic E-state index is 11.2. The Morgan fingerprint density at radius 3 is 3.12 bits per heavy atom. The first-order valence-electron chi connectivity index (χ1n) is 4.98. The van der Waals surface area contributed by atoms with Gasteiger partial charge in [-0.25, -0.2) is 4.98 Å². The van der Waals surface area contributed by atoms with Crippen LogP contribution in [0.5, 0.6) is 0 Å². The lowest BCUT2D eigenvalue weighted by molar-refractivity contribution is -0.120. The van der Waals surface area contributed by atoms with Gasteiger partial charge >= 0.3 is 0 Å². The molecule has 0 aliphatic heterocycles. The van der Waals surface area contributed by atoms with Gasteiger partial charge in [-0.3, -0.25) is 10.1 Å². The van der Waals surface area contributed by atoms with Gasteiger partial charge in [0.1, 0.15) is 5.76 Å². The molecule has 0 spiro atoms. The Balaban J connectivity index is 2.11. The van der Waals surface area contributed by atoms with Crippen molar-refractivity contribution < 1.29 is 9.21 Å². The molecule has 1 amide bonds. The Bertz CT molecular complexity index is 380. The fourth-order valence-electron chi connectivity index (χ4n) is 1.09. The number of nitriles is 1. The summed E-state index contributed by atoms with van der Waals surface area (Å²) in [6.07, 6.45) is 1.95. The molecule has 1 aromatic heterocycles. The van der Waals surface area contributed by atoms with Gasteiger partial charge in [0.15, 0.2) is 0 Å². The van der Waals surface area contributed by atoms with E-state index in [0.717, 1.165) is 5.76 Å². The average Bonchev–Trinajstić information content (AvgIpc) is 2.65. The molecule has 0 bridgehead atoms. The molecule has 16 heavy (non-hydrogen) atoms. The van der Waals surface area contributed by atoms with Crippen molar-refractivity contribution in [3.63, 3.8) is 0 Å². The minimum Gasteiger partial charge on any atom is -0.445 e. The van der Waals surface area contributed by atoms with Gasteiger partial charge in [-0.2, -0.15) is 5.26 Å². The van der Waals surface area contributed by atoms with Gasteiger partial charge in [-0.15, -0.1) is 0 Å². The molecule has 0 saturated carbocycles. The molecule has 1 heterocycles. The summed E-state index contributed by atoms with van der Waals surface area (Å²) in [5.41, 5.74) is 0. The van der Waals surface area contributed by atoms with Crippen LogP contribution in [0.2, 0.25) is 0 Å². The quantitative estimate of drug-likeness (QED) is 0.666. The van der Waals surface area contributed by atoms with Crippen LogP contribution in [-0.2, 0) is 11.3 Å². The van der Waals surface area contributed by atoms with Crippen molar-refractivity contribution >= 4 is 5.91 Å². The van der Waals surface area contributed by atoms with E-state index in [1.54, 1.807) is 6.20 Å². The Morgan fingerprint density at radius 2 is 2.50 bits per heavy atom. The minimum atomic E-state index is -0.140. The van der Waals surface area contributed by atoms with Crippen LogP contribution in [0.25, 0.3) is 0 Å². The first kappa shape index (κ1) is 12.2. The molecule has 0 fully saturated rings. The summed E-state index contributed by atoms with van der Waals surface area (Å²) < 4.78 is 5.22. The second-order valence-electron chi connectivity index (χ2n) is 3.23. The van der Waals surface area contributed by atoms with Gasteiger partial charge in [0.25, 0.3) is 0 Å². The lowest BCUT2D eigenvalue weighted by atomic mass is 10.4. The number of carbonyl (C=O) groups excluding carboxylic acids is 1. The zero-order chi connectivity index (χ0) is 11.8. The average molecular weight is 222 g/mol. The van der Waals surface area contributed by atoms with Crippen LogP contribution >= 0.6 is 0 Å². The third-order valence-electron chi connectivity index (χ3n) is 1.79. The molecular formula is C10H14N4O2. The van der Waals surface area contributed by atoms with Gasteiger partial charge in [-0.1, -0.05) is 0 Å². The number of aryl methyl sites for hydroxylation is 1. The molecule has 0 radical (unpaired) electrons. The van der Waals surface area contributed by atoms with Crippen molar-refractivity contribution in [2.45, 2.75) is 19.9 Å². The highest BCUT2D eigenvalue weighted by Gasteiger charge is 2.02. The molecule has 6 heteroatoms. The van der Waals surface area contributed by atoms with Gasteiger partial charge in [-0.05, 0) is 6.92 Å². The minimum absolute atomic E-state index is 0.140. The van der Waals surface area contributed by atoms with Crippen LogP contribution in [0.3, 0.4) is 0 Å². The van der Waals surface area contributed by atoms with Crippen molar-refractivity contribution in [3.05, 3.63) is 17.8 Å². The third kappa shape index (κ3) is 4.57. The summed E-state index contributed by atoms with van der Waals surface area (Å²) in [5, 5.41) is 13.8. The number of nitrogens with one attached hydrogen (secondary N) is 2. The van der Waals surface area contributed by atoms with E-state index in [-0.39, 0.29) is 12.5 Å². The maximum atomic E-state index is 11.2. The second kappa shape index (κ2) is 6.58. The van der Waals surface area contributed by atoms with Crippen molar-refractivity contribution in [2.24, 2.45) is 0 Å². The standard InChI is InChI=1S/C10H14N4O2/c1-8-5-14-10(16-8)7-12-6-9(15)13-4-2-3-11/h5,12H,2,4,6-7H2,1H3,(H,13,15). The van der Waals surface area contributed by atoms with Crippen molar-refractivity contribution in [1.29, 1.82) is 5.26 Å². The number of nitrogens with zero attached hydrogens (tertiary/aromatic N) is 2. The summed E-state index contributed by atoms with van der Waals surface area (Å²) in [4.78, 5) is 15.2. The molecule has 86 valence electrons. The number of oxazole rings is 1. The Morgan fingerprint density at radius 1 is 1.69 bits per heavy atom. The second-order valence-corrected chi connectivity index (χ2v) is 3.23. The lowest BCUT2D eigenvalue weighted by Crippen LogP contribution is -2.34. The van der Waals surface area contributed by atoms with Crippen molar-refractivity contribution in [2.75, 3.05) is 13.1 Å². The third-order valence-corrected chi connectivity index (χ3v) is 1.79. The van der Waals surface area contributed by atoms with E-state index < -0.39 is 0 Å². The summed E-state index contributed by atoms with van der Waals surface area (Å²) in [5.74, 6) is 1.16. The summed E-state index contributed by atoms with van der Waals surface area (Å²) in [6.45, 7) is 2.80. The Hall–Kier alpha value is -1.87. The predicted octanol–water partition coefficient (Wildman–Crippen LogP) is 0.102. The van der Waals surface area contributed by atoms with Crippen LogP contribution < -0.4 is 10.6 Å². The molecular weight excluding hydrogens is 208 g/mol. The van der Waals surface area contributed by atoms with Crippen LogP contribution in [0.15, 0.2) is 10.6 Å². The molecule has 0 aliphatic rings. The first-order chi connectivity index (χ1) is 7.72. The van der Waals surface area contributed by atoms with Crippen LogP contribution in [-0.4, -0.2) is 24.0 Å². The van der Waals surface area contributed by atoms with E-state index in [0.29, 0.717) is 25.4 Å². The highest BCUT2D eigenvalue weighted by atomic mass is 16.4. The highest BCUT2D eigenvalue weighted by molar-refractivity contribution is 5.77. The lowest BCUT2D eigenvalue weighted by Gasteiger charge is -2.02. The molecule has 0 atom stereocenters. The van der Waals surface area contributed by atoms with E-state index in [4.69, 9.17) is 9.68 Å². The van der Waals surface area contributed by atoms with Crippen molar-refractivity contribution in [3.8, 4) is 6.07 Å². The van der Waals surface area contributed by atoms with Gasteiger partial charge < -0.3 is 9.73 Å². The van der Waals surface area contributed by atoms with Gasteiger partial charge in [0.2, 0.25) is 11.8 Å². The first-order valence-corrected chi connectivity index (χ1v) is 4.98. The van der Waals surface area contributed by atoms with E-state index >= 15 is 0 Å². The van der Waals surface area contributed by atoms with Crippen LogP contribution in [0.4, 0.5) is 0 Å². The molecule has 6 nitrogen and oxygen atoms in total. The maximum Gasteiger partial charge on any atom is 0.234 e. The molecule has 0 aromatic carbocycles. The predicted molar refractivity (Wildman–Crippen MR) is 56.2 cm³/mol. The zero-order valence-corrected chi connectivity index (χ0v) is 9.12. The molecule has 0 saturated heterocycles. The summed E-state index contributed by atoms with van der Waals surface area (Å²) >= 11 is 0. The van der Waals surface area contributed by atoms with E-state index in [9.17, 15) is 4.79 Å². The largest absolute Gasteiger partial charge is 0.445 e. The number of carbonyl (C=O) groups is 1. The van der Waals surface area contributed by atoms with Crippen LogP contribution in [0, 0.1) is 18.3 Å². The van der Waals surface area contributed by atoms with Crippen LogP contribution in [0.1, 0.15) is 18.1 Å². The Labute approximate surface area is 93.7 Å². The number of hydrogen-bond donors (Lipinski definition) is 2. The Kier molecular flexibility index (Phi) is 5.02. The SMILES string of the molecule is Cc1cnc(CNCC(=O)NCCC#N)o1. The molecule has 0 unspecified atom stereocenters. The summed E-state index contributed by atoms with van der Waals surface area (Å²) in [7, 11) is 0. The number of hydrogen-bond acceptors (Lipinski definition) is 5. The monoisotopic (exact) mass is 222 g/mol. The fraction of sp³-hybridized carbons (Fsp3) is 0.500. The number of aromatic nitrogens is 1. The zero-order valence-electron chi connectivity index (χ0n) is 9.12. The van der Waals surface area contributed by atoms with Gasteiger partial charge in [0, 0.05) is 6.54 Å². The van der Waals surface area contributed by atoms with E-state index in [1.807, 2.05) is 13.0 Å². The molecule has 1 rings (SSSR count). The van der Waals surface area contributed by atoms with Crippen molar-refractivity contribution in [1.82, 2.24) is 15.6 Å². The smallest absolute Gasteiger partial charge is 0.234 e. The normalized spacial score (nSPS) is 9.75. The van der Waals surface area contributed by atoms with Gasteiger partial charge in [0.05, 0.1) is 31.8 Å².